The maximum atomic E-state index is 13.1. The van der Waals surface area contributed by atoms with Crippen LogP contribution in [0.3, 0.4) is 0 Å². The fourth-order valence-electron chi connectivity index (χ4n) is 3.56. The van der Waals surface area contributed by atoms with Gasteiger partial charge in [0.25, 0.3) is 5.56 Å². The largest absolute Gasteiger partial charge is 0.350 e. The van der Waals surface area contributed by atoms with Crippen molar-refractivity contribution in [1.29, 1.82) is 0 Å². The fourth-order valence-corrected chi connectivity index (χ4v) is 4.76. The van der Waals surface area contributed by atoms with Crippen LogP contribution in [0, 0.1) is 6.92 Å². The zero-order valence-corrected chi connectivity index (χ0v) is 19.7. The van der Waals surface area contributed by atoms with Crippen molar-refractivity contribution < 1.29 is 13.2 Å². The van der Waals surface area contributed by atoms with Gasteiger partial charge in [-0.05, 0) is 36.6 Å². The number of pyridine rings is 1. The molecule has 2 aromatic carbocycles. The summed E-state index contributed by atoms with van der Waals surface area (Å²) in [6.07, 6.45) is 1.38. The van der Waals surface area contributed by atoms with Crippen LogP contribution in [0.15, 0.2) is 71.5 Å². The highest BCUT2D eigenvalue weighted by molar-refractivity contribution is 7.91. The van der Waals surface area contributed by atoms with E-state index in [4.69, 9.17) is 0 Å². The number of nitrogens with zero attached hydrogens (tertiary/aromatic N) is 1. The summed E-state index contributed by atoms with van der Waals surface area (Å²) in [7, 11) is -3.79. The first-order valence-corrected chi connectivity index (χ1v) is 12.5. The molecule has 2 N–H and O–H groups in total. The first-order valence-electron chi connectivity index (χ1n) is 10.9. The molecule has 174 valence electrons. The molecule has 0 unspecified atom stereocenters. The number of hydrogen-bond donors (Lipinski definition) is 2. The Labute approximate surface area is 194 Å². The van der Waals surface area contributed by atoms with E-state index in [9.17, 15) is 18.0 Å². The van der Waals surface area contributed by atoms with E-state index in [2.05, 4.69) is 10.0 Å². The molecule has 8 heteroatoms. The first-order chi connectivity index (χ1) is 15.8. The number of aromatic nitrogens is 1. The molecule has 1 heterocycles. The van der Waals surface area contributed by atoms with E-state index in [0.29, 0.717) is 24.2 Å². The number of anilines is 1. The van der Waals surface area contributed by atoms with Crippen molar-refractivity contribution in [3.63, 3.8) is 0 Å². The van der Waals surface area contributed by atoms with Crippen LogP contribution in [-0.4, -0.2) is 18.9 Å². The van der Waals surface area contributed by atoms with Crippen LogP contribution >= 0.6 is 0 Å². The second-order valence-corrected chi connectivity index (χ2v) is 9.71. The van der Waals surface area contributed by atoms with E-state index in [1.54, 1.807) is 36.4 Å². The molecule has 7 nitrogen and oxygen atoms in total. The summed E-state index contributed by atoms with van der Waals surface area (Å²) in [5.74, 6) is -0.568. The van der Waals surface area contributed by atoms with Gasteiger partial charge in [0, 0.05) is 12.2 Å². The van der Waals surface area contributed by atoms with Crippen LogP contribution in [0.25, 0.3) is 0 Å². The summed E-state index contributed by atoms with van der Waals surface area (Å²) in [6.45, 7) is 4.12. The normalized spacial score (nSPS) is 11.2. The third-order valence-corrected chi connectivity index (χ3v) is 6.35. The zero-order chi connectivity index (χ0) is 23.8. The molecule has 0 radical (unpaired) electrons. The Bertz CT molecular complexity index is 1270. The lowest BCUT2D eigenvalue weighted by Gasteiger charge is -2.15. The van der Waals surface area contributed by atoms with Gasteiger partial charge in [-0.25, -0.2) is 8.42 Å². The predicted octanol–water partition coefficient (Wildman–Crippen LogP) is 3.37. The maximum Gasteiger partial charge on any atom is 0.275 e. The molecule has 0 aliphatic carbocycles. The average molecular weight is 468 g/mol. The van der Waals surface area contributed by atoms with Gasteiger partial charge in [0.1, 0.15) is 12.2 Å². The topological polar surface area (TPSA) is 97.3 Å². The summed E-state index contributed by atoms with van der Waals surface area (Å²) in [5.41, 5.74) is 2.74. The molecule has 33 heavy (non-hydrogen) atoms. The van der Waals surface area contributed by atoms with Gasteiger partial charge in [0.2, 0.25) is 15.9 Å². The van der Waals surface area contributed by atoms with E-state index < -0.39 is 15.6 Å². The van der Waals surface area contributed by atoms with Crippen LogP contribution in [0.1, 0.15) is 35.7 Å². The van der Waals surface area contributed by atoms with Crippen molar-refractivity contribution in [2.24, 2.45) is 0 Å². The second-order valence-electron chi connectivity index (χ2n) is 7.99. The molecular formula is C25H29N3O4S. The Morgan fingerprint density at radius 3 is 2.39 bits per heavy atom. The number of benzene rings is 2. The number of hydrogen-bond acceptors (Lipinski definition) is 4. The molecule has 0 bridgehead atoms. The van der Waals surface area contributed by atoms with Crippen molar-refractivity contribution in [2.75, 3.05) is 4.72 Å². The fraction of sp³-hybridized carbons (Fsp3) is 0.280. The Morgan fingerprint density at radius 1 is 0.970 bits per heavy atom. The predicted molar refractivity (Wildman–Crippen MR) is 130 cm³/mol. The summed E-state index contributed by atoms with van der Waals surface area (Å²) in [4.78, 5) is 25.7. The highest BCUT2D eigenvalue weighted by Crippen LogP contribution is 2.12. The van der Waals surface area contributed by atoms with Crippen molar-refractivity contribution in [1.82, 2.24) is 9.88 Å². The number of rotatable bonds is 10. The van der Waals surface area contributed by atoms with E-state index in [1.165, 1.54) is 10.6 Å². The molecule has 0 saturated heterocycles. The Balaban J connectivity index is 1.78. The molecule has 0 spiro atoms. The Kier molecular flexibility index (Phi) is 8.06. The lowest BCUT2D eigenvalue weighted by molar-refractivity contribution is -0.121. The Morgan fingerprint density at radius 2 is 1.70 bits per heavy atom. The van der Waals surface area contributed by atoms with Gasteiger partial charge in [-0.2, -0.15) is 0 Å². The minimum Gasteiger partial charge on any atom is -0.350 e. The minimum absolute atomic E-state index is 0.0720. The second kappa shape index (κ2) is 11.0. The van der Waals surface area contributed by atoms with Gasteiger partial charge >= 0.3 is 0 Å². The summed E-state index contributed by atoms with van der Waals surface area (Å²) < 4.78 is 29.0. The summed E-state index contributed by atoms with van der Waals surface area (Å²) in [6, 6.07) is 19.7. The lowest BCUT2D eigenvalue weighted by Crippen LogP contribution is -2.35. The van der Waals surface area contributed by atoms with E-state index >= 15 is 0 Å². The number of aryl methyl sites for hydroxylation is 2. The third-order valence-electron chi connectivity index (χ3n) is 5.11. The number of sulfonamides is 1. The zero-order valence-electron chi connectivity index (χ0n) is 18.9. The molecule has 0 fully saturated rings. The van der Waals surface area contributed by atoms with Crippen LogP contribution in [-0.2, 0) is 40.1 Å². The van der Waals surface area contributed by atoms with Crippen molar-refractivity contribution in [3.8, 4) is 0 Å². The smallest absolute Gasteiger partial charge is 0.275 e. The van der Waals surface area contributed by atoms with Gasteiger partial charge < -0.3 is 9.88 Å². The first kappa shape index (κ1) is 24.3. The molecule has 0 atom stereocenters. The van der Waals surface area contributed by atoms with Crippen LogP contribution in [0.2, 0.25) is 0 Å². The quantitative estimate of drug-likeness (QED) is 0.478. The molecule has 0 aliphatic rings. The number of amides is 1. The highest BCUT2D eigenvalue weighted by atomic mass is 32.2. The maximum absolute atomic E-state index is 13.1. The van der Waals surface area contributed by atoms with Crippen LogP contribution < -0.4 is 15.6 Å². The Hall–Kier alpha value is -3.39. The van der Waals surface area contributed by atoms with Gasteiger partial charge in [-0.1, -0.05) is 73.5 Å². The van der Waals surface area contributed by atoms with E-state index in [1.807, 2.05) is 38.1 Å². The average Bonchev–Trinajstić information content (AvgIpc) is 2.77. The van der Waals surface area contributed by atoms with Crippen LogP contribution in [0.4, 0.5) is 5.69 Å². The van der Waals surface area contributed by atoms with Gasteiger partial charge in [0.05, 0.1) is 5.75 Å². The molecule has 0 aliphatic heterocycles. The van der Waals surface area contributed by atoms with Gasteiger partial charge in [0.15, 0.2) is 0 Å². The number of nitrogens with one attached hydrogen (secondary N) is 2. The SMILES string of the molecule is CCCc1ccc(NS(=O)(=O)Cc2ccccc2)c(=O)n1CC(=O)NCc1cccc(C)c1. The van der Waals surface area contributed by atoms with Crippen LogP contribution in [0.5, 0.6) is 0 Å². The summed E-state index contributed by atoms with van der Waals surface area (Å²) in [5, 5.41) is 2.83. The minimum atomic E-state index is -3.79. The molecule has 1 amide bonds. The molecular weight excluding hydrogens is 438 g/mol. The van der Waals surface area contributed by atoms with E-state index in [0.717, 1.165) is 17.5 Å². The molecule has 0 saturated carbocycles. The molecule has 3 aromatic rings. The monoisotopic (exact) mass is 467 g/mol. The standard InChI is InChI=1S/C25H29N3O4S/c1-3-8-22-13-14-23(27-33(31,32)18-20-10-5-4-6-11-20)25(30)28(22)17-24(29)26-16-21-12-7-9-19(2)15-21/h4-7,9-15,27H,3,8,16-18H2,1-2H3,(H,26,29). The molecule has 1 aromatic heterocycles. The lowest BCUT2D eigenvalue weighted by atomic mass is 10.1. The van der Waals surface area contributed by atoms with Gasteiger partial charge in [-0.3, -0.25) is 14.3 Å². The summed E-state index contributed by atoms with van der Waals surface area (Å²) >= 11 is 0. The number of carbonyl (C=O) groups is 1. The third kappa shape index (κ3) is 7.05. The van der Waals surface area contributed by atoms with Gasteiger partial charge in [-0.15, -0.1) is 0 Å². The number of carbonyl (C=O) groups excluding carboxylic acids is 1. The highest BCUT2D eigenvalue weighted by Gasteiger charge is 2.17. The van der Waals surface area contributed by atoms with Crippen molar-refractivity contribution in [2.45, 2.75) is 45.5 Å². The van der Waals surface area contributed by atoms with E-state index in [-0.39, 0.29) is 23.9 Å². The van der Waals surface area contributed by atoms with Crippen molar-refractivity contribution in [3.05, 3.63) is 99.5 Å². The molecule has 3 rings (SSSR count). The van der Waals surface area contributed by atoms with Crippen molar-refractivity contribution >= 4 is 21.6 Å².